The second-order valence-electron chi connectivity index (χ2n) is 9.82. The molecule has 0 aliphatic rings. The number of carbonyl (C=O) groups is 6. The lowest BCUT2D eigenvalue weighted by Crippen LogP contribution is -2.58. The maximum Gasteiger partial charge on any atom is 0.326 e. The number of carboxylic acids is 1. The number of hydrogen-bond donors (Lipinski definition) is 10. The lowest BCUT2D eigenvalue weighted by Gasteiger charge is -2.24. The van der Waals surface area contributed by atoms with Gasteiger partial charge in [0.1, 0.15) is 18.1 Å². The highest BCUT2D eigenvalue weighted by Gasteiger charge is 2.31. The van der Waals surface area contributed by atoms with Crippen LogP contribution in [0.5, 0.6) is 0 Å². The Balaban J connectivity index is 2.18. The van der Waals surface area contributed by atoms with Crippen LogP contribution in [0.15, 0.2) is 35.5 Å². The minimum absolute atomic E-state index is 0.00936. The number of guanidine groups is 1. The number of nitrogens with one attached hydrogen (secondary N) is 4. The molecule has 0 aliphatic carbocycles. The number of hydrogen-bond acceptors (Lipinski definition) is 8. The number of aliphatic imine (C=N–C) groups is 1. The molecule has 0 aliphatic heterocycles. The molecule has 2 aromatic rings. The molecular formula is C26H38N10O7. The number of nitrogens with zero attached hydrogens (tertiary/aromatic N) is 1. The number of H-pyrrole nitrogens is 1. The van der Waals surface area contributed by atoms with Gasteiger partial charge < -0.3 is 54.7 Å². The standard InChI is InChI=1S/C26H38N10O7/c27-15(10-13-12-33-16-5-2-1-4-14(13)16)22(39)34-17(6-3-9-32-26(30)31)23(40)36-19(11-21(29)38)24(41)35-18(25(42)43)7-8-20(28)37/h1-2,4-5,12,15,17-19,33H,3,6-11,27H2,(H2,28,37)(H2,29,38)(H,34,39)(H,35,41)(H,36,40)(H,42,43)(H4,30,31,32). The molecule has 0 fully saturated rings. The molecule has 15 N–H and O–H groups in total. The molecule has 0 saturated heterocycles. The second-order valence-corrected chi connectivity index (χ2v) is 9.82. The van der Waals surface area contributed by atoms with Crippen LogP contribution in [-0.4, -0.2) is 82.3 Å². The van der Waals surface area contributed by atoms with E-state index >= 15 is 0 Å². The minimum atomic E-state index is -1.60. The molecule has 17 nitrogen and oxygen atoms in total. The zero-order valence-electron chi connectivity index (χ0n) is 23.4. The number of fused-ring (bicyclic) bond motifs is 1. The summed E-state index contributed by atoms with van der Waals surface area (Å²) < 4.78 is 0. The maximum absolute atomic E-state index is 13.3. The number of benzene rings is 1. The van der Waals surface area contributed by atoms with Crippen LogP contribution in [0.2, 0.25) is 0 Å². The number of carboxylic acid groups (broad SMARTS) is 1. The quantitative estimate of drug-likeness (QED) is 0.0462. The van der Waals surface area contributed by atoms with Gasteiger partial charge >= 0.3 is 5.97 Å². The number of para-hydroxylation sites is 1. The Labute approximate surface area is 246 Å². The van der Waals surface area contributed by atoms with Crippen LogP contribution in [0.1, 0.15) is 37.7 Å². The van der Waals surface area contributed by atoms with Crippen molar-refractivity contribution in [3.05, 3.63) is 36.0 Å². The zero-order chi connectivity index (χ0) is 32.1. The average molecular weight is 603 g/mol. The first kappa shape index (κ1) is 34.0. The van der Waals surface area contributed by atoms with Crippen molar-refractivity contribution in [3.63, 3.8) is 0 Å². The third-order valence-electron chi connectivity index (χ3n) is 6.36. The van der Waals surface area contributed by atoms with Crippen LogP contribution >= 0.6 is 0 Å². The molecule has 1 aromatic carbocycles. The number of primary amides is 2. The topological polar surface area (TPSA) is 317 Å². The number of aromatic nitrogens is 1. The van der Waals surface area contributed by atoms with Crippen molar-refractivity contribution in [3.8, 4) is 0 Å². The van der Waals surface area contributed by atoms with E-state index in [9.17, 15) is 33.9 Å². The molecule has 0 spiro atoms. The van der Waals surface area contributed by atoms with Gasteiger partial charge in [0.15, 0.2) is 5.96 Å². The fourth-order valence-corrected chi connectivity index (χ4v) is 4.18. The monoisotopic (exact) mass is 602 g/mol. The highest BCUT2D eigenvalue weighted by atomic mass is 16.4. The molecule has 2 rings (SSSR count). The van der Waals surface area contributed by atoms with Gasteiger partial charge in [-0.3, -0.25) is 29.0 Å². The van der Waals surface area contributed by atoms with E-state index in [0.717, 1.165) is 16.5 Å². The summed E-state index contributed by atoms with van der Waals surface area (Å²) in [7, 11) is 0. The van der Waals surface area contributed by atoms with Gasteiger partial charge in [-0.25, -0.2) is 4.79 Å². The fraction of sp³-hybridized carbons (Fsp3) is 0.423. The molecule has 234 valence electrons. The molecule has 4 atom stereocenters. The normalized spacial score (nSPS) is 13.6. The van der Waals surface area contributed by atoms with E-state index in [2.05, 4.69) is 25.9 Å². The molecule has 1 aromatic heterocycles. The zero-order valence-corrected chi connectivity index (χ0v) is 23.4. The second kappa shape index (κ2) is 16.3. The van der Waals surface area contributed by atoms with Gasteiger partial charge in [0.05, 0.1) is 12.5 Å². The van der Waals surface area contributed by atoms with Crippen molar-refractivity contribution in [2.45, 2.75) is 62.7 Å². The van der Waals surface area contributed by atoms with E-state index in [4.69, 9.17) is 28.7 Å². The summed E-state index contributed by atoms with van der Waals surface area (Å²) in [6.45, 7) is 0.120. The first-order valence-electron chi connectivity index (χ1n) is 13.3. The van der Waals surface area contributed by atoms with Crippen LogP contribution in [-0.2, 0) is 35.2 Å². The predicted molar refractivity (Wildman–Crippen MR) is 156 cm³/mol. The number of aromatic amines is 1. The number of nitrogens with two attached hydrogens (primary N) is 5. The summed E-state index contributed by atoms with van der Waals surface area (Å²) in [5.41, 5.74) is 28.8. The van der Waals surface area contributed by atoms with Gasteiger partial charge in [-0.05, 0) is 37.3 Å². The highest BCUT2D eigenvalue weighted by molar-refractivity contribution is 5.96. The summed E-state index contributed by atoms with van der Waals surface area (Å²) in [5, 5.41) is 17.3. The van der Waals surface area contributed by atoms with Crippen molar-refractivity contribution in [1.82, 2.24) is 20.9 Å². The van der Waals surface area contributed by atoms with Gasteiger partial charge in [-0.1, -0.05) is 18.2 Å². The van der Waals surface area contributed by atoms with Gasteiger partial charge in [0.25, 0.3) is 0 Å². The molecule has 0 bridgehead atoms. The van der Waals surface area contributed by atoms with Crippen molar-refractivity contribution in [2.24, 2.45) is 33.7 Å². The Morgan fingerprint density at radius 1 is 0.837 bits per heavy atom. The Kier molecular flexibility index (Phi) is 12.9. The summed E-state index contributed by atoms with van der Waals surface area (Å²) in [6.07, 6.45) is 0.766. The Morgan fingerprint density at radius 2 is 1.47 bits per heavy atom. The lowest BCUT2D eigenvalue weighted by atomic mass is 10.0. The Morgan fingerprint density at radius 3 is 2.09 bits per heavy atom. The number of carbonyl (C=O) groups excluding carboxylic acids is 5. The summed E-state index contributed by atoms with van der Waals surface area (Å²) in [4.78, 5) is 80.5. The van der Waals surface area contributed by atoms with Gasteiger partial charge in [0, 0.05) is 30.1 Å². The van der Waals surface area contributed by atoms with E-state index in [0.29, 0.717) is 0 Å². The maximum atomic E-state index is 13.3. The summed E-state index contributed by atoms with van der Waals surface area (Å²) in [6, 6.07) is 2.01. The van der Waals surface area contributed by atoms with E-state index < -0.39 is 66.1 Å². The van der Waals surface area contributed by atoms with E-state index in [1.54, 1.807) is 6.20 Å². The molecule has 5 amide bonds. The minimum Gasteiger partial charge on any atom is -0.480 e. The third-order valence-corrected chi connectivity index (χ3v) is 6.36. The van der Waals surface area contributed by atoms with Gasteiger partial charge in [-0.15, -0.1) is 0 Å². The average Bonchev–Trinajstić information content (AvgIpc) is 3.33. The Hall–Kier alpha value is -5.19. The van der Waals surface area contributed by atoms with E-state index in [1.807, 2.05) is 24.3 Å². The molecule has 1 heterocycles. The van der Waals surface area contributed by atoms with Crippen LogP contribution in [0, 0.1) is 0 Å². The van der Waals surface area contributed by atoms with Crippen molar-refractivity contribution < 1.29 is 33.9 Å². The first-order chi connectivity index (χ1) is 20.3. The highest BCUT2D eigenvalue weighted by Crippen LogP contribution is 2.19. The molecule has 0 saturated carbocycles. The predicted octanol–water partition coefficient (Wildman–Crippen LogP) is -3.23. The number of amides is 5. The lowest BCUT2D eigenvalue weighted by molar-refractivity contribution is -0.142. The summed E-state index contributed by atoms with van der Waals surface area (Å²) >= 11 is 0. The largest absolute Gasteiger partial charge is 0.480 e. The van der Waals surface area contributed by atoms with Crippen LogP contribution in [0.4, 0.5) is 0 Å². The Bertz CT molecular complexity index is 1350. The first-order valence-corrected chi connectivity index (χ1v) is 13.3. The van der Waals surface area contributed by atoms with Crippen LogP contribution in [0.25, 0.3) is 10.9 Å². The molecule has 43 heavy (non-hydrogen) atoms. The van der Waals surface area contributed by atoms with Gasteiger partial charge in [0.2, 0.25) is 29.5 Å². The van der Waals surface area contributed by atoms with Crippen molar-refractivity contribution in [2.75, 3.05) is 6.54 Å². The van der Waals surface area contributed by atoms with Crippen LogP contribution in [0.3, 0.4) is 0 Å². The van der Waals surface area contributed by atoms with Crippen LogP contribution < -0.4 is 44.6 Å². The fourth-order valence-electron chi connectivity index (χ4n) is 4.18. The summed E-state index contributed by atoms with van der Waals surface area (Å²) in [5.74, 6) is -5.99. The number of aliphatic carboxylic acids is 1. The molecule has 17 heteroatoms. The SMILES string of the molecule is NC(=O)CCC(NC(=O)C(CC(N)=O)NC(=O)C(CCCN=C(N)N)NC(=O)C(N)Cc1c[nH]c2ccccc12)C(=O)O. The molecule has 4 unspecified atom stereocenters. The van der Waals surface area contributed by atoms with E-state index in [-0.39, 0.29) is 44.6 Å². The molecular weight excluding hydrogens is 564 g/mol. The van der Waals surface area contributed by atoms with E-state index in [1.165, 1.54) is 0 Å². The van der Waals surface area contributed by atoms with Gasteiger partial charge in [-0.2, -0.15) is 0 Å². The van der Waals surface area contributed by atoms with Crippen molar-refractivity contribution >= 4 is 52.4 Å². The molecule has 0 radical (unpaired) electrons. The van der Waals surface area contributed by atoms with Crippen molar-refractivity contribution in [1.29, 1.82) is 0 Å². The number of rotatable bonds is 18. The third kappa shape index (κ3) is 11.3. The smallest absolute Gasteiger partial charge is 0.326 e.